The molecule has 1 aliphatic rings. The molecule has 2 aromatic heterocycles. The molecule has 0 radical (unpaired) electrons. The molecule has 3 heterocycles. The molecular weight excluding hydrogens is 274 g/mol. The number of aromatic nitrogens is 2. The van der Waals surface area contributed by atoms with Crippen molar-refractivity contribution in [3.8, 4) is 11.3 Å². The fourth-order valence-corrected chi connectivity index (χ4v) is 3.21. The van der Waals surface area contributed by atoms with E-state index >= 15 is 0 Å². The van der Waals surface area contributed by atoms with E-state index < -0.39 is 0 Å². The minimum Gasteiger partial charge on any atom is -0.439 e. The van der Waals surface area contributed by atoms with E-state index in [4.69, 9.17) is 4.42 Å². The molecule has 4 heteroatoms. The predicted octanol–water partition coefficient (Wildman–Crippen LogP) is 4.01. The van der Waals surface area contributed by atoms with E-state index in [1.54, 1.807) is 0 Å². The van der Waals surface area contributed by atoms with Gasteiger partial charge in [0, 0.05) is 17.5 Å². The van der Waals surface area contributed by atoms with Gasteiger partial charge in [-0.2, -0.15) is 0 Å². The third-order valence-electron chi connectivity index (χ3n) is 4.29. The number of H-pyrrole nitrogens is 1. The number of rotatable bonds is 4. The maximum atomic E-state index is 5.93. The molecule has 1 N–H and O–H groups in total. The van der Waals surface area contributed by atoms with Gasteiger partial charge in [0.25, 0.3) is 0 Å². The average molecular weight is 293 g/mol. The van der Waals surface area contributed by atoms with Crippen LogP contribution in [0.4, 0.5) is 0 Å². The third-order valence-corrected chi connectivity index (χ3v) is 4.29. The molecule has 1 unspecified atom stereocenters. The SMILES string of the molecule is c1ccc(-c2cnc(CN3CCCC3c3ccc[nH]3)o2)cc1. The van der Waals surface area contributed by atoms with Crippen LogP contribution >= 0.6 is 0 Å². The van der Waals surface area contributed by atoms with Crippen molar-refractivity contribution < 1.29 is 4.42 Å². The second-order valence-electron chi connectivity index (χ2n) is 5.74. The Morgan fingerprint density at radius 2 is 2.09 bits per heavy atom. The molecule has 3 aromatic rings. The molecule has 0 aliphatic carbocycles. The number of benzene rings is 1. The lowest BCUT2D eigenvalue weighted by molar-refractivity contribution is 0.221. The zero-order valence-electron chi connectivity index (χ0n) is 12.4. The molecule has 1 aromatic carbocycles. The van der Waals surface area contributed by atoms with Crippen LogP contribution in [-0.4, -0.2) is 21.4 Å². The second-order valence-corrected chi connectivity index (χ2v) is 5.74. The molecule has 1 saturated heterocycles. The average Bonchev–Trinajstić information content (AvgIpc) is 3.30. The van der Waals surface area contributed by atoms with Crippen molar-refractivity contribution >= 4 is 0 Å². The van der Waals surface area contributed by atoms with Crippen LogP contribution in [0.25, 0.3) is 11.3 Å². The molecule has 1 atom stereocenters. The van der Waals surface area contributed by atoms with Crippen molar-refractivity contribution in [1.29, 1.82) is 0 Å². The van der Waals surface area contributed by atoms with Gasteiger partial charge in [-0.05, 0) is 31.5 Å². The summed E-state index contributed by atoms with van der Waals surface area (Å²) in [5.41, 5.74) is 2.36. The lowest BCUT2D eigenvalue weighted by Crippen LogP contribution is -2.23. The highest BCUT2D eigenvalue weighted by Crippen LogP contribution is 2.32. The smallest absolute Gasteiger partial charge is 0.209 e. The number of nitrogens with zero attached hydrogens (tertiary/aromatic N) is 2. The van der Waals surface area contributed by atoms with Crippen LogP contribution in [-0.2, 0) is 6.54 Å². The Labute approximate surface area is 129 Å². The van der Waals surface area contributed by atoms with Gasteiger partial charge in [-0.25, -0.2) is 4.98 Å². The number of hydrogen-bond donors (Lipinski definition) is 1. The molecule has 4 rings (SSSR count). The van der Waals surface area contributed by atoms with Crippen molar-refractivity contribution in [2.24, 2.45) is 0 Å². The van der Waals surface area contributed by atoms with Crippen molar-refractivity contribution in [2.75, 3.05) is 6.54 Å². The molecule has 112 valence electrons. The first-order chi connectivity index (χ1) is 10.9. The molecule has 1 aliphatic heterocycles. The molecule has 0 amide bonds. The summed E-state index contributed by atoms with van der Waals surface area (Å²) in [5.74, 6) is 1.63. The van der Waals surface area contributed by atoms with E-state index in [0.717, 1.165) is 30.3 Å². The summed E-state index contributed by atoms with van der Waals surface area (Å²) < 4.78 is 5.93. The zero-order valence-corrected chi connectivity index (χ0v) is 12.4. The van der Waals surface area contributed by atoms with Crippen molar-refractivity contribution in [3.05, 3.63) is 66.4 Å². The summed E-state index contributed by atoms with van der Waals surface area (Å²) in [6.45, 7) is 1.85. The molecular formula is C18H19N3O. The van der Waals surface area contributed by atoms with Crippen molar-refractivity contribution in [2.45, 2.75) is 25.4 Å². The predicted molar refractivity (Wildman–Crippen MR) is 85.1 cm³/mol. The first kappa shape index (κ1) is 13.3. The maximum Gasteiger partial charge on any atom is 0.209 e. The van der Waals surface area contributed by atoms with Crippen LogP contribution in [0.15, 0.2) is 59.3 Å². The topological polar surface area (TPSA) is 45.1 Å². The van der Waals surface area contributed by atoms with Gasteiger partial charge in [-0.3, -0.25) is 4.90 Å². The Kier molecular flexibility index (Phi) is 3.52. The van der Waals surface area contributed by atoms with Crippen molar-refractivity contribution in [1.82, 2.24) is 14.9 Å². The van der Waals surface area contributed by atoms with Crippen LogP contribution in [0.2, 0.25) is 0 Å². The van der Waals surface area contributed by atoms with E-state index in [1.165, 1.54) is 18.5 Å². The number of nitrogens with one attached hydrogen (secondary N) is 1. The fraction of sp³-hybridized carbons (Fsp3) is 0.278. The minimum atomic E-state index is 0.446. The largest absolute Gasteiger partial charge is 0.439 e. The summed E-state index contributed by atoms with van der Waals surface area (Å²) in [7, 11) is 0. The Morgan fingerprint density at radius 3 is 2.91 bits per heavy atom. The van der Waals surface area contributed by atoms with Gasteiger partial charge in [0.2, 0.25) is 5.89 Å². The molecule has 1 fully saturated rings. The molecule has 0 spiro atoms. The van der Waals surface area contributed by atoms with Crippen molar-refractivity contribution in [3.63, 3.8) is 0 Å². The highest BCUT2D eigenvalue weighted by molar-refractivity contribution is 5.55. The Hall–Kier alpha value is -2.33. The highest BCUT2D eigenvalue weighted by Gasteiger charge is 2.27. The van der Waals surface area contributed by atoms with E-state index in [1.807, 2.05) is 42.7 Å². The summed E-state index contributed by atoms with van der Waals surface area (Å²) in [6, 6.07) is 14.8. The summed E-state index contributed by atoms with van der Waals surface area (Å²) in [6.07, 6.45) is 6.22. The van der Waals surface area contributed by atoms with Gasteiger partial charge in [0.1, 0.15) is 0 Å². The van der Waals surface area contributed by atoms with Crippen LogP contribution in [0, 0.1) is 0 Å². The third kappa shape index (κ3) is 2.57. The molecule has 0 saturated carbocycles. The molecule has 4 nitrogen and oxygen atoms in total. The quantitative estimate of drug-likeness (QED) is 0.790. The number of oxazole rings is 1. The number of aromatic amines is 1. The van der Waals surface area contributed by atoms with E-state index in [-0.39, 0.29) is 0 Å². The Balaban J connectivity index is 1.51. The first-order valence-electron chi connectivity index (χ1n) is 7.77. The van der Waals surface area contributed by atoms with Gasteiger partial charge < -0.3 is 9.40 Å². The minimum absolute atomic E-state index is 0.446. The first-order valence-corrected chi connectivity index (χ1v) is 7.77. The number of hydrogen-bond acceptors (Lipinski definition) is 3. The van der Waals surface area contributed by atoms with Crippen LogP contribution < -0.4 is 0 Å². The molecule has 22 heavy (non-hydrogen) atoms. The van der Waals surface area contributed by atoms with Gasteiger partial charge in [-0.1, -0.05) is 30.3 Å². The van der Waals surface area contributed by atoms with E-state index in [2.05, 4.69) is 27.0 Å². The van der Waals surface area contributed by atoms with Crippen LogP contribution in [0.1, 0.15) is 30.5 Å². The molecule has 0 bridgehead atoms. The van der Waals surface area contributed by atoms with Gasteiger partial charge >= 0.3 is 0 Å². The second kappa shape index (κ2) is 5.81. The van der Waals surface area contributed by atoms with Crippen LogP contribution in [0.3, 0.4) is 0 Å². The van der Waals surface area contributed by atoms with E-state index in [0.29, 0.717) is 6.04 Å². The summed E-state index contributed by atoms with van der Waals surface area (Å²) >= 11 is 0. The van der Waals surface area contributed by atoms with Gasteiger partial charge in [-0.15, -0.1) is 0 Å². The lowest BCUT2D eigenvalue weighted by Gasteiger charge is -2.21. The number of likely N-dealkylation sites (tertiary alicyclic amines) is 1. The lowest BCUT2D eigenvalue weighted by atomic mass is 10.1. The zero-order chi connectivity index (χ0) is 14.8. The van der Waals surface area contributed by atoms with Gasteiger partial charge in [0.05, 0.1) is 18.8 Å². The van der Waals surface area contributed by atoms with E-state index in [9.17, 15) is 0 Å². The fourth-order valence-electron chi connectivity index (χ4n) is 3.21. The Morgan fingerprint density at radius 1 is 1.18 bits per heavy atom. The standard InChI is InChI=1S/C18H19N3O/c1-2-6-14(7-3-1)17-12-20-18(22-17)13-21-11-5-9-16(21)15-8-4-10-19-15/h1-4,6-8,10,12,16,19H,5,9,11,13H2. The maximum absolute atomic E-state index is 5.93. The van der Waals surface area contributed by atoms with Gasteiger partial charge in [0.15, 0.2) is 5.76 Å². The monoisotopic (exact) mass is 293 g/mol. The van der Waals surface area contributed by atoms with Crippen LogP contribution in [0.5, 0.6) is 0 Å². The normalized spacial score (nSPS) is 18.8. The Bertz CT molecular complexity index is 718. The summed E-state index contributed by atoms with van der Waals surface area (Å²) in [4.78, 5) is 10.2. The highest BCUT2D eigenvalue weighted by atomic mass is 16.4. The summed E-state index contributed by atoms with van der Waals surface area (Å²) in [5, 5.41) is 0.